The minimum absolute atomic E-state index is 0.0524. The first-order valence-electron chi connectivity index (χ1n) is 7.94. The van der Waals surface area contributed by atoms with Gasteiger partial charge in [0.05, 0.1) is 10.9 Å². The average Bonchev–Trinajstić information content (AvgIpc) is 2.53. The first-order valence-corrected chi connectivity index (χ1v) is 9.80. The highest BCUT2D eigenvalue weighted by Crippen LogP contribution is 2.17. The Labute approximate surface area is 148 Å². The van der Waals surface area contributed by atoms with Crippen LogP contribution in [-0.2, 0) is 14.8 Å². The fourth-order valence-corrected chi connectivity index (χ4v) is 4.35. The van der Waals surface area contributed by atoms with Gasteiger partial charge in [-0.2, -0.15) is 4.72 Å². The van der Waals surface area contributed by atoms with Gasteiger partial charge < -0.3 is 9.80 Å². The van der Waals surface area contributed by atoms with Crippen LogP contribution in [0.4, 0.5) is 0 Å². The number of rotatable bonds is 5. The van der Waals surface area contributed by atoms with Crippen molar-refractivity contribution in [1.29, 1.82) is 0 Å². The topological polar surface area (TPSA) is 69.7 Å². The fraction of sp³-hybridized carbons (Fsp3) is 0.562. The molecule has 1 aliphatic heterocycles. The highest BCUT2D eigenvalue weighted by atomic mass is 35.5. The third-order valence-electron chi connectivity index (χ3n) is 4.39. The van der Waals surface area contributed by atoms with Crippen LogP contribution in [-0.4, -0.2) is 63.4 Å². The van der Waals surface area contributed by atoms with Crippen molar-refractivity contribution in [3.63, 3.8) is 0 Å². The Morgan fingerprint density at radius 2 is 2.00 bits per heavy atom. The van der Waals surface area contributed by atoms with Gasteiger partial charge in [-0.05, 0) is 58.1 Å². The number of sulfonamides is 1. The Balaban J connectivity index is 2.02. The number of carbonyl (C=O) groups is 1. The summed E-state index contributed by atoms with van der Waals surface area (Å²) in [5.41, 5.74) is 0. The van der Waals surface area contributed by atoms with Crippen LogP contribution in [0.25, 0.3) is 0 Å². The van der Waals surface area contributed by atoms with Crippen LogP contribution in [0, 0.1) is 0 Å². The fourth-order valence-electron chi connectivity index (χ4n) is 2.85. The Morgan fingerprint density at radius 3 is 2.58 bits per heavy atom. The lowest BCUT2D eigenvalue weighted by Gasteiger charge is -2.36. The SMILES string of the molecule is C[C@H](NS(=O)(=O)c1cccc(Cl)c1)C(=O)N(C)C1CCN(C)CC1. The monoisotopic (exact) mass is 373 g/mol. The summed E-state index contributed by atoms with van der Waals surface area (Å²) < 4.78 is 27.2. The average molecular weight is 374 g/mol. The number of piperidine rings is 1. The molecule has 0 unspecified atom stereocenters. The second-order valence-corrected chi connectivity index (χ2v) is 8.43. The van der Waals surface area contributed by atoms with Crippen LogP contribution < -0.4 is 4.72 Å². The molecule has 1 fully saturated rings. The van der Waals surface area contributed by atoms with E-state index in [1.807, 2.05) is 0 Å². The smallest absolute Gasteiger partial charge is 0.241 e. The first kappa shape index (κ1) is 19.2. The zero-order valence-electron chi connectivity index (χ0n) is 14.2. The molecule has 1 amide bonds. The second-order valence-electron chi connectivity index (χ2n) is 6.28. The summed E-state index contributed by atoms with van der Waals surface area (Å²) in [6.45, 7) is 3.44. The number of nitrogens with one attached hydrogen (secondary N) is 1. The van der Waals surface area contributed by atoms with Gasteiger partial charge >= 0.3 is 0 Å². The normalized spacial score (nSPS) is 18.3. The van der Waals surface area contributed by atoms with Crippen molar-refractivity contribution in [2.75, 3.05) is 27.2 Å². The quantitative estimate of drug-likeness (QED) is 0.850. The number of hydrogen-bond acceptors (Lipinski definition) is 4. The predicted octanol–water partition coefficient (Wildman–Crippen LogP) is 1.56. The van der Waals surface area contributed by atoms with Crippen LogP contribution >= 0.6 is 11.6 Å². The number of likely N-dealkylation sites (N-methyl/N-ethyl adjacent to an activating group) is 1. The lowest BCUT2D eigenvalue weighted by molar-refractivity contribution is -0.134. The molecule has 0 aliphatic carbocycles. The number of benzene rings is 1. The van der Waals surface area contributed by atoms with Gasteiger partial charge in [-0.15, -0.1) is 0 Å². The molecule has 1 saturated heterocycles. The molecule has 134 valence electrons. The van der Waals surface area contributed by atoms with Crippen molar-refractivity contribution >= 4 is 27.5 Å². The maximum atomic E-state index is 12.6. The van der Waals surface area contributed by atoms with E-state index in [9.17, 15) is 13.2 Å². The Bertz CT molecular complexity index is 688. The molecule has 1 heterocycles. The highest BCUT2D eigenvalue weighted by molar-refractivity contribution is 7.89. The summed E-state index contributed by atoms with van der Waals surface area (Å²) in [7, 11) is 0.00371. The van der Waals surface area contributed by atoms with Gasteiger partial charge in [0.15, 0.2) is 0 Å². The number of likely N-dealkylation sites (tertiary alicyclic amines) is 1. The summed E-state index contributed by atoms with van der Waals surface area (Å²) in [5, 5.41) is 0.334. The van der Waals surface area contributed by atoms with Gasteiger partial charge in [0.25, 0.3) is 0 Å². The van der Waals surface area contributed by atoms with Gasteiger partial charge in [-0.25, -0.2) is 8.42 Å². The van der Waals surface area contributed by atoms with E-state index in [0.29, 0.717) is 5.02 Å². The number of halogens is 1. The Kier molecular flexibility index (Phi) is 6.25. The lowest BCUT2D eigenvalue weighted by atomic mass is 10.0. The van der Waals surface area contributed by atoms with Crippen LogP contribution in [0.3, 0.4) is 0 Å². The van der Waals surface area contributed by atoms with Crippen molar-refractivity contribution in [3.8, 4) is 0 Å². The lowest BCUT2D eigenvalue weighted by Crippen LogP contribution is -2.51. The number of nitrogens with zero attached hydrogens (tertiary/aromatic N) is 2. The molecule has 1 N–H and O–H groups in total. The molecule has 2 rings (SSSR count). The summed E-state index contributed by atoms with van der Waals surface area (Å²) in [6.07, 6.45) is 1.79. The first-order chi connectivity index (χ1) is 11.2. The molecular weight excluding hydrogens is 350 g/mol. The summed E-state index contributed by atoms with van der Waals surface area (Å²) in [6, 6.07) is 5.29. The van der Waals surface area contributed by atoms with E-state index in [1.165, 1.54) is 12.1 Å². The van der Waals surface area contributed by atoms with Gasteiger partial charge in [-0.3, -0.25) is 4.79 Å². The third-order valence-corrected chi connectivity index (χ3v) is 6.17. The predicted molar refractivity (Wildman–Crippen MR) is 94.5 cm³/mol. The molecular formula is C16H24ClN3O3S. The van der Waals surface area contributed by atoms with Crippen LogP contribution in [0.15, 0.2) is 29.2 Å². The van der Waals surface area contributed by atoms with E-state index in [-0.39, 0.29) is 16.8 Å². The summed E-state index contributed by atoms with van der Waals surface area (Å²) >= 11 is 5.84. The van der Waals surface area contributed by atoms with Gasteiger partial charge in [0.2, 0.25) is 15.9 Å². The molecule has 0 spiro atoms. The van der Waals surface area contributed by atoms with Gasteiger partial charge in [-0.1, -0.05) is 17.7 Å². The molecule has 0 saturated carbocycles. The maximum absolute atomic E-state index is 12.6. The molecule has 8 heteroatoms. The number of hydrogen-bond donors (Lipinski definition) is 1. The van der Waals surface area contributed by atoms with Crippen molar-refractivity contribution in [1.82, 2.24) is 14.5 Å². The Morgan fingerprint density at radius 1 is 1.38 bits per heavy atom. The molecule has 6 nitrogen and oxygen atoms in total. The molecule has 0 bridgehead atoms. The minimum atomic E-state index is -3.79. The molecule has 0 aromatic heterocycles. The molecule has 1 aliphatic rings. The highest BCUT2D eigenvalue weighted by Gasteiger charge is 2.29. The standard InChI is InChI=1S/C16H24ClN3O3S/c1-12(16(21)20(3)14-7-9-19(2)10-8-14)18-24(22,23)15-6-4-5-13(17)11-15/h4-6,11-12,14,18H,7-10H2,1-3H3/t12-/m0/s1. The minimum Gasteiger partial charge on any atom is -0.341 e. The van der Waals surface area contributed by atoms with E-state index in [0.717, 1.165) is 25.9 Å². The molecule has 24 heavy (non-hydrogen) atoms. The number of carbonyl (C=O) groups excluding carboxylic acids is 1. The van der Waals surface area contributed by atoms with Gasteiger partial charge in [0.1, 0.15) is 0 Å². The molecule has 1 aromatic carbocycles. The van der Waals surface area contributed by atoms with Crippen molar-refractivity contribution < 1.29 is 13.2 Å². The molecule has 0 radical (unpaired) electrons. The zero-order chi connectivity index (χ0) is 17.9. The largest absolute Gasteiger partial charge is 0.341 e. The van der Waals surface area contributed by atoms with Crippen molar-refractivity contribution in [2.45, 2.75) is 36.7 Å². The third kappa shape index (κ3) is 4.69. The maximum Gasteiger partial charge on any atom is 0.241 e. The van der Waals surface area contributed by atoms with E-state index in [1.54, 1.807) is 31.0 Å². The van der Waals surface area contributed by atoms with Gasteiger partial charge in [0, 0.05) is 18.1 Å². The van der Waals surface area contributed by atoms with Crippen LogP contribution in [0.5, 0.6) is 0 Å². The van der Waals surface area contributed by atoms with Crippen LogP contribution in [0.2, 0.25) is 5.02 Å². The van der Waals surface area contributed by atoms with E-state index in [4.69, 9.17) is 11.6 Å². The number of amides is 1. The summed E-state index contributed by atoms with van der Waals surface area (Å²) in [5.74, 6) is -0.227. The second kappa shape index (κ2) is 7.82. The van der Waals surface area contributed by atoms with Crippen molar-refractivity contribution in [2.24, 2.45) is 0 Å². The Hall–Kier alpha value is -1.15. The van der Waals surface area contributed by atoms with Crippen LogP contribution in [0.1, 0.15) is 19.8 Å². The van der Waals surface area contributed by atoms with Crippen molar-refractivity contribution in [3.05, 3.63) is 29.3 Å². The van der Waals surface area contributed by atoms with E-state index < -0.39 is 16.1 Å². The zero-order valence-corrected chi connectivity index (χ0v) is 15.8. The molecule has 1 atom stereocenters. The van der Waals surface area contributed by atoms with E-state index in [2.05, 4.69) is 16.7 Å². The summed E-state index contributed by atoms with van der Waals surface area (Å²) in [4.78, 5) is 16.5. The molecule has 1 aromatic rings. The van der Waals surface area contributed by atoms with E-state index >= 15 is 0 Å².